The van der Waals surface area contributed by atoms with Gasteiger partial charge in [-0.1, -0.05) is 68.8 Å². The molecular weight excluding hydrogens is 420 g/mol. The van der Waals surface area contributed by atoms with Gasteiger partial charge in [-0.15, -0.1) is 0 Å². The van der Waals surface area contributed by atoms with Gasteiger partial charge in [-0.3, -0.25) is 9.59 Å². The molecule has 2 aliphatic carbocycles. The third-order valence-electron chi connectivity index (χ3n) is 6.84. The number of aliphatic carboxylic acids is 1. The number of rotatable bonds is 9. The summed E-state index contributed by atoms with van der Waals surface area (Å²) < 4.78 is 5.60. The van der Waals surface area contributed by atoms with Crippen LogP contribution in [0.4, 0.5) is 4.79 Å². The lowest BCUT2D eigenvalue weighted by molar-refractivity contribution is -0.138. The third-order valence-corrected chi connectivity index (χ3v) is 6.84. The van der Waals surface area contributed by atoms with Gasteiger partial charge in [0.1, 0.15) is 12.6 Å². The van der Waals surface area contributed by atoms with Crippen LogP contribution in [0.15, 0.2) is 48.5 Å². The summed E-state index contributed by atoms with van der Waals surface area (Å²) in [6.45, 7) is 3.98. The second-order valence-electron chi connectivity index (χ2n) is 9.17. The monoisotopic (exact) mass is 450 g/mol. The number of benzene rings is 2. The summed E-state index contributed by atoms with van der Waals surface area (Å²) in [5.74, 6) is -1.51. The van der Waals surface area contributed by atoms with Crippen molar-refractivity contribution in [3.05, 3.63) is 59.7 Å². The minimum Gasteiger partial charge on any atom is -0.481 e. The standard InChI is InChI=1S/C26H30N2O5/c1-3-16(2)23(24(31)28-26(12-13-26)14-22(29)30)27-25(32)33-15-21-19-10-6-4-8-17(19)18-9-5-7-11-20(18)21/h4-11,16,21,23H,3,12-15H2,1-2H3,(H,27,32)(H,28,31)(H,29,30)/t16?,23-/m0/s1. The molecule has 0 heterocycles. The molecule has 33 heavy (non-hydrogen) atoms. The second-order valence-corrected chi connectivity index (χ2v) is 9.17. The van der Waals surface area contributed by atoms with Crippen LogP contribution >= 0.6 is 0 Å². The number of amides is 2. The maximum absolute atomic E-state index is 12.9. The molecule has 1 saturated carbocycles. The quantitative estimate of drug-likeness (QED) is 0.534. The number of carboxylic acids is 1. The largest absolute Gasteiger partial charge is 0.481 e. The van der Waals surface area contributed by atoms with E-state index < -0.39 is 23.6 Å². The van der Waals surface area contributed by atoms with Gasteiger partial charge in [0.15, 0.2) is 0 Å². The van der Waals surface area contributed by atoms with Crippen LogP contribution in [0.3, 0.4) is 0 Å². The molecule has 7 nitrogen and oxygen atoms in total. The Hall–Kier alpha value is -3.35. The molecule has 0 radical (unpaired) electrons. The van der Waals surface area contributed by atoms with Gasteiger partial charge in [0.2, 0.25) is 5.91 Å². The Kier molecular flexibility index (Phi) is 6.40. The molecule has 174 valence electrons. The second kappa shape index (κ2) is 9.25. The van der Waals surface area contributed by atoms with Crippen molar-refractivity contribution in [1.29, 1.82) is 0 Å². The molecule has 2 aromatic carbocycles. The van der Waals surface area contributed by atoms with Crippen molar-refractivity contribution in [2.75, 3.05) is 6.61 Å². The van der Waals surface area contributed by atoms with Crippen molar-refractivity contribution in [2.24, 2.45) is 5.92 Å². The predicted molar refractivity (Wildman–Crippen MR) is 124 cm³/mol. The zero-order valence-electron chi connectivity index (χ0n) is 19.0. The average molecular weight is 451 g/mol. The van der Waals surface area contributed by atoms with E-state index >= 15 is 0 Å². The van der Waals surface area contributed by atoms with Crippen LogP contribution in [0.2, 0.25) is 0 Å². The number of fused-ring (bicyclic) bond motifs is 3. The molecule has 0 spiro atoms. The zero-order chi connectivity index (χ0) is 23.6. The number of carboxylic acid groups (broad SMARTS) is 1. The van der Waals surface area contributed by atoms with E-state index in [9.17, 15) is 14.4 Å². The van der Waals surface area contributed by atoms with Crippen LogP contribution < -0.4 is 10.6 Å². The van der Waals surface area contributed by atoms with Crippen molar-refractivity contribution in [1.82, 2.24) is 10.6 Å². The molecule has 2 atom stereocenters. The predicted octanol–water partition coefficient (Wildman–Crippen LogP) is 4.06. The first-order valence-corrected chi connectivity index (χ1v) is 11.5. The summed E-state index contributed by atoms with van der Waals surface area (Å²) in [6, 6.07) is 15.4. The minimum atomic E-state index is -0.947. The number of carbonyl (C=O) groups excluding carboxylic acids is 2. The smallest absolute Gasteiger partial charge is 0.407 e. The summed E-state index contributed by atoms with van der Waals surface area (Å²) in [7, 11) is 0. The van der Waals surface area contributed by atoms with Crippen LogP contribution in [-0.2, 0) is 14.3 Å². The van der Waals surface area contributed by atoms with E-state index in [1.807, 2.05) is 50.2 Å². The van der Waals surface area contributed by atoms with Crippen LogP contribution in [0.1, 0.15) is 56.6 Å². The van der Waals surface area contributed by atoms with Crippen molar-refractivity contribution < 1.29 is 24.2 Å². The number of hydrogen-bond acceptors (Lipinski definition) is 4. The van der Waals surface area contributed by atoms with Crippen LogP contribution in [0.25, 0.3) is 11.1 Å². The molecule has 3 N–H and O–H groups in total. The SMILES string of the molecule is CCC(C)[C@H](NC(=O)OCC1c2ccccc2-c2ccccc21)C(=O)NC1(CC(=O)O)CC1. The number of hydrogen-bond donors (Lipinski definition) is 3. The van der Waals surface area contributed by atoms with Gasteiger partial charge in [-0.05, 0) is 41.0 Å². The Morgan fingerprint density at radius 3 is 2.15 bits per heavy atom. The zero-order valence-corrected chi connectivity index (χ0v) is 19.0. The Labute approximate surface area is 193 Å². The first kappa shape index (κ1) is 22.8. The summed E-state index contributed by atoms with van der Waals surface area (Å²) >= 11 is 0. The van der Waals surface area contributed by atoms with E-state index in [4.69, 9.17) is 9.84 Å². The van der Waals surface area contributed by atoms with E-state index in [1.165, 1.54) is 0 Å². The van der Waals surface area contributed by atoms with Crippen LogP contribution in [0, 0.1) is 5.92 Å². The van der Waals surface area contributed by atoms with E-state index in [2.05, 4.69) is 22.8 Å². The summed E-state index contributed by atoms with van der Waals surface area (Å²) in [5.41, 5.74) is 3.83. The molecule has 1 fully saturated rings. The van der Waals surface area contributed by atoms with Crippen molar-refractivity contribution in [3.8, 4) is 11.1 Å². The summed E-state index contributed by atoms with van der Waals surface area (Å²) in [5, 5.41) is 14.7. The highest BCUT2D eigenvalue weighted by atomic mass is 16.5. The van der Waals surface area contributed by atoms with Crippen LogP contribution in [0.5, 0.6) is 0 Å². The van der Waals surface area contributed by atoms with Crippen LogP contribution in [-0.4, -0.2) is 41.3 Å². The van der Waals surface area contributed by atoms with Gasteiger partial charge in [0, 0.05) is 5.92 Å². The fraction of sp³-hybridized carbons (Fsp3) is 0.423. The fourth-order valence-corrected chi connectivity index (χ4v) is 4.59. The highest BCUT2D eigenvalue weighted by molar-refractivity contribution is 5.87. The van der Waals surface area contributed by atoms with Gasteiger partial charge < -0.3 is 20.5 Å². The van der Waals surface area contributed by atoms with E-state index in [0.717, 1.165) is 22.3 Å². The van der Waals surface area contributed by atoms with Gasteiger partial charge in [-0.25, -0.2) is 4.79 Å². The van der Waals surface area contributed by atoms with E-state index in [1.54, 1.807) is 0 Å². The third kappa shape index (κ3) is 4.87. The lowest BCUT2D eigenvalue weighted by Crippen LogP contribution is -2.53. The Bertz CT molecular complexity index is 1020. The fourth-order valence-electron chi connectivity index (χ4n) is 4.59. The van der Waals surface area contributed by atoms with E-state index in [0.29, 0.717) is 19.3 Å². The van der Waals surface area contributed by atoms with Crippen molar-refractivity contribution in [2.45, 2.75) is 57.0 Å². The highest BCUT2D eigenvalue weighted by Gasteiger charge is 2.47. The Balaban J connectivity index is 1.41. The Morgan fingerprint density at radius 1 is 1.06 bits per heavy atom. The van der Waals surface area contributed by atoms with E-state index in [-0.39, 0.29) is 30.8 Å². The van der Waals surface area contributed by atoms with Gasteiger partial charge in [-0.2, -0.15) is 0 Å². The first-order valence-electron chi connectivity index (χ1n) is 11.5. The topological polar surface area (TPSA) is 105 Å². The summed E-state index contributed by atoms with van der Waals surface area (Å²) in [6.07, 6.45) is 1.16. The van der Waals surface area contributed by atoms with Gasteiger partial charge in [0.25, 0.3) is 0 Å². The normalized spacial score (nSPS) is 17.3. The van der Waals surface area contributed by atoms with Gasteiger partial charge >= 0.3 is 12.1 Å². The number of ether oxygens (including phenoxy) is 1. The number of alkyl carbamates (subject to hydrolysis) is 1. The lowest BCUT2D eigenvalue weighted by Gasteiger charge is -2.26. The molecule has 1 unspecified atom stereocenters. The van der Waals surface area contributed by atoms with Gasteiger partial charge in [0.05, 0.1) is 12.0 Å². The lowest BCUT2D eigenvalue weighted by atomic mass is 9.97. The molecule has 0 bridgehead atoms. The Morgan fingerprint density at radius 2 is 1.64 bits per heavy atom. The molecule has 0 aliphatic heterocycles. The number of carbonyl (C=O) groups is 3. The molecule has 0 saturated heterocycles. The molecule has 4 rings (SSSR count). The summed E-state index contributed by atoms with van der Waals surface area (Å²) in [4.78, 5) is 36.8. The maximum atomic E-state index is 12.9. The highest BCUT2D eigenvalue weighted by Crippen LogP contribution is 2.44. The minimum absolute atomic E-state index is 0.0654. The molecule has 0 aromatic heterocycles. The molecule has 2 amide bonds. The molecule has 7 heteroatoms. The van der Waals surface area contributed by atoms with Crippen molar-refractivity contribution >= 4 is 18.0 Å². The maximum Gasteiger partial charge on any atom is 0.407 e. The number of nitrogens with one attached hydrogen (secondary N) is 2. The molecule has 2 aliphatic rings. The van der Waals surface area contributed by atoms with Crippen molar-refractivity contribution in [3.63, 3.8) is 0 Å². The average Bonchev–Trinajstić information content (AvgIpc) is 3.46. The first-order chi connectivity index (χ1) is 15.8. The molecular formula is C26H30N2O5. The molecule has 2 aromatic rings.